The van der Waals surface area contributed by atoms with Crippen LogP contribution in [-0.4, -0.2) is 20.8 Å². The van der Waals surface area contributed by atoms with Crippen LogP contribution >= 0.6 is 23.2 Å². The molecule has 1 aliphatic heterocycles. The lowest BCUT2D eigenvalue weighted by atomic mass is 10.2. The number of amides is 2. The Hall–Kier alpha value is -2.57. The van der Waals surface area contributed by atoms with E-state index in [0.717, 1.165) is 43.6 Å². The lowest BCUT2D eigenvalue weighted by molar-refractivity contribution is 0.256. The summed E-state index contributed by atoms with van der Waals surface area (Å²) in [4.78, 5) is 14.9. The Morgan fingerprint density at radius 1 is 1.03 bits per heavy atom. The zero-order chi connectivity index (χ0) is 20.2. The van der Waals surface area contributed by atoms with Crippen LogP contribution in [0.25, 0.3) is 0 Å². The molecule has 2 amide bonds. The minimum Gasteiger partial charge on any atom is -0.307 e. The van der Waals surface area contributed by atoms with E-state index in [2.05, 4.69) is 20.1 Å². The summed E-state index contributed by atoms with van der Waals surface area (Å²) in [5, 5.41) is 12.4. The first-order chi connectivity index (χ1) is 14.1. The van der Waals surface area contributed by atoms with Crippen molar-refractivity contribution in [1.82, 2.24) is 14.8 Å². The Morgan fingerprint density at radius 2 is 1.86 bits per heavy atom. The van der Waals surface area contributed by atoms with Gasteiger partial charge < -0.3 is 5.32 Å². The third-order valence-electron chi connectivity index (χ3n) is 4.93. The molecule has 150 valence electrons. The van der Waals surface area contributed by atoms with Gasteiger partial charge in [-0.3, -0.25) is 9.47 Å². The first-order valence-electron chi connectivity index (χ1n) is 9.61. The minimum atomic E-state index is -0.299. The SMILES string of the molecule is O=C(Nc1ccc(Cl)c(Cl)c1)N(Cc1ccccc1)c1nnc2n1CCCCC2. The smallest absolute Gasteiger partial charge is 0.307 e. The summed E-state index contributed by atoms with van der Waals surface area (Å²) in [6.45, 7) is 1.19. The third-order valence-corrected chi connectivity index (χ3v) is 5.67. The van der Waals surface area contributed by atoms with Crippen molar-refractivity contribution in [3.05, 3.63) is 70.0 Å². The fourth-order valence-electron chi connectivity index (χ4n) is 3.43. The topological polar surface area (TPSA) is 63.1 Å². The van der Waals surface area contributed by atoms with Gasteiger partial charge in [0.2, 0.25) is 5.95 Å². The number of carbonyl (C=O) groups excluding carboxylic acids is 1. The van der Waals surface area contributed by atoms with Gasteiger partial charge >= 0.3 is 6.03 Å². The molecule has 3 aromatic rings. The summed E-state index contributed by atoms with van der Waals surface area (Å²) in [6.07, 6.45) is 4.16. The van der Waals surface area contributed by atoms with Gasteiger partial charge in [0, 0.05) is 18.7 Å². The van der Waals surface area contributed by atoms with E-state index in [1.54, 1.807) is 23.1 Å². The van der Waals surface area contributed by atoms with Crippen LogP contribution in [-0.2, 0) is 19.5 Å². The monoisotopic (exact) mass is 429 g/mol. The van der Waals surface area contributed by atoms with Gasteiger partial charge in [0.05, 0.1) is 16.6 Å². The Bertz CT molecular complexity index is 1010. The molecule has 4 rings (SSSR count). The van der Waals surface area contributed by atoms with Crippen molar-refractivity contribution in [2.24, 2.45) is 0 Å². The third kappa shape index (κ3) is 4.54. The number of aromatic nitrogens is 3. The highest BCUT2D eigenvalue weighted by Crippen LogP contribution is 2.26. The van der Waals surface area contributed by atoms with Crippen LogP contribution in [0.2, 0.25) is 10.0 Å². The molecule has 1 aliphatic rings. The quantitative estimate of drug-likeness (QED) is 0.590. The van der Waals surface area contributed by atoms with Crippen LogP contribution in [0, 0.1) is 0 Å². The van der Waals surface area contributed by atoms with Gasteiger partial charge in [0.15, 0.2) is 0 Å². The van der Waals surface area contributed by atoms with Crippen LogP contribution in [0.4, 0.5) is 16.4 Å². The van der Waals surface area contributed by atoms with Gasteiger partial charge in [-0.15, -0.1) is 10.2 Å². The summed E-state index contributed by atoms with van der Waals surface area (Å²) in [5.41, 5.74) is 1.57. The molecule has 0 radical (unpaired) electrons. The van der Waals surface area contributed by atoms with E-state index in [4.69, 9.17) is 23.2 Å². The Balaban J connectivity index is 1.66. The van der Waals surface area contributed by atoms with Gasteiger partial charge in [-0.05, 0) is 36.6 Å². The average molecular weight is 430 g/mol. The number of fused-ring (bicyclic) bond motifs is 1. The molecule has 0 atom stereocenters. The average Bonchev–Trinajstić information content (AvgIpc) is 2.97. The van der Waals surface area contributed by atoms with Crippen molar-refractivity contribution in [2.45, 2.75) is 38.8 Å². The maximum atomic E-state index is 13.2. The van der Waals surface area contributed by atoms with E-state index in [9.17, 15) is 4.79 Å². The highest BCUT2D eigenvalue weighted by molar-refractivity contribution is 6.42. The molecule has 29 heavy (non-hydrogen) atoms. The Labute approximate surface area is 179 Å². The first-order valence-corrected chi connectivity index (χ1v) is 10.4. The number of rotatable bonds is 4. The van der Waals surface area contributed by atoms with E-state index in [1.807, 2.05) is 30.3 Å². The largest absolute Gasteiger partial charge is 0.329 e. The van der Waals surface area contributed by atoms with E-state index in [-0.39, 0.29) is 6.03 Å². The van der Waals surface area contributed by atoms with E-state index in [0.29, 0.717) is 28.2 Å². The molecule has 6 nitrogen and oxygen atoms in total. The zero-order valence-electron chi connectivity index (χ0n) is 15.8. The normalized spacial score (nSPS) is 13.4. The van der Waals surface area contributed by atoms with Gasteiger partial charge in [-0.1, -0.05) is 60.0 Å². The fraction of sp³-hybridized carbons (Fsp3) is 0.286. The molecular weight excluding hydrogens is 409 g/mol. The number of nitrogens with one attached hydrogen (secondary N) is 1. The maximum Gasteiger partial charge on any atom is 0.329 e. The van der Waals surface area contributed by atoms with E-state index >= 15 is 0 Å². The summed E-state index contributed by atoms with van der Waals surface area (Å²) >= 11 is 12.1. The Kier molecular flexibility index (Phi) is 6.02. The van der Waals surface area contributed by atoms with Gasteiger partial charge in [0.25, 0.3) is 0 Å². The van der Waals surface area contributed by atoms with Crippen molar-refractivity contribution in [3.63, 3.8) is 0 Å². The van der Waals surface area contributed by atoms with Gasteiger partial charge in [0.1, 0.15) is 5.82 Å². The van der Waals surface area contributed by atoms with Crippen LogP contribution in [0.3, 0.4) is 0 Å². The number of urea groups is 1. The lowest BCUT2D eigenvalue weighted by Gasteiger charge is -2.23. The second-order valence-electron chi connectivity index (χ2n) is 7.01. The molecule has 0 aliphatic carbocycles. The lowest BCUT2D eigenvalue weighted by Crippen LogP contribution is -2.36. The van der Waals surface area contributed by atoms with Gasteiger partial charge in [-0.25, -0.2) is 4.79 Å². The molecule has 0 bridgehead atoms. The molecular formula is C21H21Cl2N5O. The molecule has 2 aromatic carbocycles. The van der Waals surface area contributed by atoms with Crippen LogP contribution in [0.15, 0.2) is 48.5 Å². The van der Waals surface area contributed by atoms with Crippen LogP contribution < -0.4 is 10.2 Å². The van der Waals surface area contributed by atoms with Crippen molar-refractivity contribution in [1.29, 1.82) is 0 Å². The van der Waals surface area contributed by atoms with E-state index < -0.39 is 0 Å². The summed E-state index contributed by atoms with van der Waals surface area (Å²) in [5.74, 6) is 1.49. The van der Waals surface area contributed by atoms with Crippen molar-refractivity contribution in [3.8, 4) is 0 Å². The summed E-state index contributed by atoms with van der Waals surface area (Å²) in [6, 6.07) is 14.5. The number of hydrogen-bond acceptors (Lipinski definition) is 3. The molecule has 1 aromatic heterocycles. The number of aryl methyl sites for hydroxylation is 1. The molecule has 0 saturated carbocycles. The van der Waals surface area contributed by atoms with Crippen LogP contribution in [0.1, 0.15) is 30.7 Å². The number of carbonyl (C=O) groups is 1. The highest BCUT2D eigenvalue weighted by atomic mass is 35.5. The molecule has 0 unspecified atom stereocenters. The molecule has 2 heterocycles. The highest BCUT2D eigenvalue weighted by Gasteiger charge is 2.25. The number of hydrogen-bond donors (Lipinski definition) is 1. The molecule has 0 saturated heterocycles. The molecule has 1 N–H and O–H groups in total. The number of halogens is 2. The maximum absolute atomic E-state index is 13.2. The number of benzene rings is 2. The number of anilines is 2. The summed E-state index contributed by atoms with van der Waals surface area (Å²) < 4.78 is 2.06. The molecule has 0 spiro atoms. The second-order valence-corrected chi connectivity index (χ2v) is 7.82. The van der Waals surface area contributed by atoms with Gasteiger partial charge in [-0.2, -0.15) is 0 Å². The van der Waals surface area contributed by atoms with E-state index in [1.165, 1.54) is 0 Å². The standard InChI is InChI=1S/C21H21Cl2N5O/c22-17-11-10-16(13-18(17)23)24-21(29)28(14-15-7-3-1-4-8-15)20-26-25-19-9-5-2-6-12-27(19)20/h1,3-4,7-8,10-11,13H,2,5-6,9,12,14H2,(H,24,29). The first kappa shape index (κ1) is 19.7. The molecule has 8 heteroatoms. The number of nitrogens with zero attached hydrogens (tertiary/aromatic N) is 4. The predicted molar refractivity (Wildman–Crippen MR) is 116 cm³/mol. The second kappa shape index (κ2) is 8.84. The summed E-state index contributed by atoms with van der Waals surface area (Å²) in [7, 11) is 0. The van der Waals surface area contributed by atoms with Crippen molar-refractivity contribution < 1.29 is 4.79 Å². The fourth-order valence-corrected chi connectivity index (χ4v) is 3.73. The van der Waals surface area contributed by atoms with Crippen molar-refractivity contribution in [2.75, 3.05) is 10.2 Å². The van der Waals surface area contributed by atoms with Crippen LogP contribution in [0.5, 0.6) is 0 Å². The van der Waals surface area contributed by atoms with Crippen molar-refractivity contribution >= 4 is 40.9 Å². The molecule has 0 fully saturated rings. The predicted octanol–water partition coefficient (Wildman–Crippen LogP) is 5.55. The minimum absolute atomic E-state index is 0.299. The Morgan fingerprint density at radius 3 is 2.66 bits per heavy atom. The zero-order valence-corrected chi connectivity index (χ0v) is 17.3.